The highest BCUT2D eigenvalue weighted by Crippen LogP contribution is 2.29. The second kappa shape index (κ2) is 8.18. The van der Waals surface area contributed by atoms with E-state index in [9.17, 15) is 0 Å². The Hall–Kier alpha value is -0.550. The lowest BCUT2D eigenvalue weighted by molar-refractivity contribution is 0.675. The van der Waals surface area contributed by atoms with Gasteiger partial charge in [-0.25, -0.2) is 0 Å². The van der Waals surface area contributed by atoms with Crippen molar-refractivity contribution in [3.63, 3.8) is 0 Å². The van der Waals surface area contributed by atoms with Crippen LogP contribution in [0, 0.1) is 0 Å². The number of anilines is 1. The van der Waals surface area contributed by atoms with E-state index in [1.165, 1.54) is 10.4 Å². The number of halogens is 2. The number of nitrogens with zero attached hydrogens (tertiary/aromatic N) is 1. The fourth-order valence-corrected chi connectivity index (χ4v) is 3.99. The van der Waals surface area contributed by atoms with Gasteiger partial charge in [0.1, 0.15) is 0 Å². The largest absolute Gasteiger partial charge is 0.368 e. The number of thiophene rings is 1. The molecule has 114 valence electrons. The molecule has 21 heavy (non-hydrogen) atoms. The molecule has 1 aromatic heterocycles. The van der Waals surface area contributed by atoms with Crippen LogP contribution in [0.15, 0.2) is 34.1 Å². The zero-order chi connectivity index (χ0) is 15.2. The van der Waals surface area contributed by atoms with E-state index in [4.69, 9.17) is 11.6 Å². The summed E-state index contributed by atoms with van der Waals surface area (Å²) in [6, 6.07) is 8.46. The SMILES string of the molecule is CCCNCc1ccc(N(C)Cc2cc(Br)cs2)c(Cl)c1. The molecule has 0 fully saturated rings. The molecule has 5 heteroatoms. The maximum absolute atomic E-state index is 6.43. The lowest BCUT2D eigenvalue weighted by Gasteiger charge is -2.20. The molecule has 0 unspecified atom stereocenters. The average Bonchev–Trinajstić information content (AvgIpc) is 2.84. The second-order valence-electron chi connectivity index (χ2n) is 5.05. The molecule has 0 saturated carbocycles. The normalized spacial score (nSPS) is 10.9. The highest BCUT2D eigenvalue weighted by molar-refractivity contribution is 9.10. The first-order chi connectivity index (χ1) is 10.1. The van der Waals surface area contributed by atoms with Gasteiger partial charge in [0.05, 0.1) is 17.3 Å². The van der Waals surface area contributed by atoms with Gasteiger partial charge in [-0.3, -0.25) is 0 Å². The lowest BCUT2D eigenvalue weighted by Crippen LogP contribution is -2.17. The van der Waals surface area contributed by atoms with Crippen LogP contribution in [0.3, 0.4) is 0 Å². The van der Waals surface area contributed by atoms with Gasteiger partial charge >= 0.3 is 0 Å². The third-order valence-corrected chi connectivity index (χ3v) is 5.18. The molecule has 1 aromatic carbocycles. The van der Waals surface area contributed by atoms with Gasteiger partial charge < -0.3 is 10.2 Å². The molecule has 1 N–H and O–H groups in total. The third-order valence-electron chi connectivity index (χ3n) is 3.19. The lowest BCUT2D eigenvalue weighted by atomic mass is 10.2. The van der Waals surface area contributed by atoms with Gasteiger partial charge in [0.15, 0.2) is 0 Å². The van der Waals surface area contributed by atoms with Crippen molar-refractivity contribution >= 4 is 44.6 Å². The molecule has 0 aliphatic rings. The van der Waals surface area contributed by atoms with E-state index in [1.807, 2.05) is 0 Å². The standard InChI is InChI=1S/C16H20BrClN2S/c1-3-6-19-9-12-4-5-16(15(18)7-12)20(2)10-14-8-13(17)11-21-14/h4-5,7-8,11,19H,3,6,9-10H2,1-2H3. The molecule has 0 amide bonds. The number of hydrogen-bond donors (Lipinski definition) is 1. The molecular formula is C16H20BrClN2S. The first-order valence-electron chi connectivity index (χ1n) is 7.03. The van der Waals surface area contributed by atoms with Gasteiger partial charge in [0, 0.05) is 28.3 Å². The fraction of sp³-hybridized carbons (Fsp3) is 0.375. The predicted molar refractivity (Wildman–Crippen MR) is 97.6 cm³/mol. The van der Waals surface area contributed by atoms with Gasteiger partial charge in [-0.05, 0) is 52.7 Å². The Kier molecular flexibility index (Phi) is 6.55. The van der Waals surface area contributed by atoms with E-state index >= 15 is 0 Å². The molecule has 2 aromatic rings. The van der Waals surface area contributed by atoms with Gasteiger partial charge in [-0.2, -0.15) is 0 Å². The van der Waals surface area contributed by atoms with Crippen LogP contribution in [0.4, 0.5) is 5.69 Å². The van der Waals surface area contributed by atoms with Crippen LogP contribution in [0.1, 0.15) is 23.8 Å². The van der Waals surface area contributed by atoms with Gasteiger partial charge in [-0.1, -0.05) is 24.6 Å². The number of hydrogen-bond acceptors (Lipinski definition) is 3. The maximum atomic E-state index is 6.43. The van der Waals surface area contributed by atoms with E-state index < -0.39 is 0 Å². The van der Waals surface area contributed by atoms with Crippen LogP contribution in [0.5, 0.6) is 0 Å². The van der Waals surface area contributed by atoms with Crippen LogP contribution in [0.2, 0.25) is 5.02 Å². The Balaban J connectivity index is 2.02. The minimum absolute atomic E-state index is 0.809. The molecule has 2 nitrogen and oxygen atoms in total. The second-order valence-corrected chi connectivity index (χ2v) is 7.37. The van der Waals surface area contributed by atoms with Crippen LogP contribution in [-0.4, -0.2) is 13.6 Å². The van der Waals surface area contributed by atoms with E-state index in [0.717, 1.165) is 41.2 Å². The van der Waals surface area contributed by atoms with E-state index in [2.05, 4.69) is 69.8 Å². The molecule has 1 heterocycles. The Labute approximate surface area is 144 Å². The fourth-order valence-electron chi connectivity index (χ4n) is 2.14. The summed E-state index contributed by atoms with van der Waals surface area (Å²) in [6.07, 6.45) is 1.14. The smallest absolute Gasteiger partial charge is 0.0642 e. The quantitative estimate of drug-likeness (QED) is 0.648. The van der Waals surface area contributed by atoms with E-state index in [1.54, 1.807) is 11.3 Å². The zero-order valence-electron chi connectivity index (χ0n) is 12.3. The molecule has 0 atom stereocenters. The van der Waals surface area contributed by atoms with Crippen molar-refractivity contribution in [3.05, 3.63) is 49.6 Å². The van der Waals surface area contributed by atoms with Crippen molar-refractivity contribution in [2.75, 3.05) is 18.5 Å². The topological polar surface area (TPSA) is 15.3 Å². The molecule has 0 aliphatic heterocycles. The molecule has 0 aliphatic carbocycles. The summed E-state index contributed by atoms with van der Waals surface area (Å²) >= 11 is 11.7. The first kappa shape index (κ1) is 16.8. The molecular weight excluding hydrogens is 368 g/mol. The highest BCUT2D eigenvalue weighted by atomic mass is 79.9. The van der Waals surface area contributed by atoms with Crippen LogP contribution < -0.4 is 10.2 Å². The van der Waals surface area contributed by atoms with Crippen molar-refractivity contribution in [3.8, 4) is 0 Å². The van der Waals surface area contributed by atoms with Crippen molar-refractivity contribution in [2.45, 2.75) is 26.4 Å². The maximum Gasteiger partial charge on any atom is 0.0642 e. The van der Waals surface area contributed by atoms with Crippen molar-refractivity contribution in [2.24, 2.45) is 0 Å². The summed E-state index contributed by atoms with van der Waals surface area (Å²) in [6.45, 7) is 4.94. The monoisotopic (exact) mass is 386 g/mol. The van der Waals surface area contributed by atoms with Crippen LogP contribution >= 0.6 is 38.9 Å². The molecule has 0 spiro atoms. The highest BCUT2D eigenvalue weighted by Gasteiger charge is 2.09. The number of benzene rings is 1. The predicted octanol–water partition coefficient (Wildman–Crippen LogP) is 5.30. The van der Waals surface area contributed by atoms with E-state index in [0.29, 0.717) is 0 Å². The molecule has 0 radical (unpaired) electrons. The zero-order valence-corrected chi connectivity index (χ0v) is 15.5. The Morgan fingerprint density at radius 3 is 2.76 bits per heavy atom. The first-order valence-corrected chi connectivity index (χ1v) is 9.08. The summed E-state index contributed by atoms with van der Waals surface area (Å²) in [5, 5.41) is 6.31. The minimum Gasteiger partial charge on any atom is -0.368 e. The van der Waals surface area contributed by atoms with Crippen LogP contribution in [0.25, 0.3) is 0 Å². The summed E-state index contributed by atoms with van der Waals surface area (Å²) in [5.41, 5.74) is 2.30. The molecule has 0 bridgehead atoms. The number of rotatable bonds is 7. The summed E-state index contributed by atoms with van der Waals surface area (Å²) in [7, 11) is 2.07. The Bertz CT molecular complexity index is 585. The van der Waals surface area contributed by atoms with Gasteiger partial charge in [0.2, 0.25) is 0 Å². The van der Waals surface area contributed by atoms with Crippen molar-refractivity contribution in [1.29, 1.82) is 0 Å². The summed E-state index contributed by atoms with van der Waals surface area (Å²) in [5.74, 6) is 0. The summed E-state index contributed by atoms with van der Waals surface area (Å²) in [4.78, 5) is 3.50. The molecule has 2 rings (SSSR count). The average molecular weight is 388 g/mol. The van der Waals surface area contributed by atoms with Crippen molar-refractivity contribution in [1.82, 2.24) is 5.32 Å². The molecule has 0 saturated heterocycles. The Morgan fingerprint density at radius 1 is 1.33 bits per heavy atom. The minimum atomic E-state index is 0.809. The van der Waals surface area contributed by atoms with Gasteiger partial charge in [0.25, 0.3) is 0 Å². The third kappa shape index (κ3) is 4.99. The summed E-state index contributed by atoms with van der Waals surface area (Å²) < 4.78 is 1.14. The van der Waals surface area contributed by atoms with Gasteiger partial charge in [-0.15, -0.1) is 11.3 Å². The van der Waals surface area contributed by atoms with Crippen molar-refractivity contribution < 1.29 is 0 Å². The van der Waals surface area contributed by atoms with Crippen LogP contribution in [-0.2, 0) is 13.1 Å². The van der Waals surface area contributed by atoms with E-state index in [-0.39, 0.29) is 0 Å². The Morgan fingerprint density at radius 2 is 2.14 bits per heavy atom. The number of nitrogens with one attached hydrogen (secondary N) is 1.